The summed E-state index contributed by atoms with van der Waals surface area (Å²) in [7, 11) is 0. The van der Waals surface area contributed by atoms with Gasteiger partial charge in [0.1, 0.15) is 19.0 Å². The van der Waals surface area contributed by atoms with Gasteiger partial charge in [-0.05, 0) is 94.1 Å². The molecule has 0 radical (unpaired) electrons. The van der Waals surface area contributed by atoms with Gasteiger partial charge in [0.2, 0.25) is 30.4 Å². The van der Waals surface area contributed by atoms with Crippen LogP contribution in [-0.2, 0) is 28.7 Å². The molecule has 0 aliphatic rings. The molecule has 282 valence electrons. The van der Waals surface area contributed by atoms with E-state index >= 15 is 4.39 Å². The third kappa shape index (κ3) is 13.5. The fourth-order valence-electron chi connectivity index (χ4n) is 4.74. The Morgan fingerprint density at radius 1 is 0.755 bits per heavy atom. The van der Waals surface area contributed by atoms with Gasteiger partial charge in [0.15, 0.2) is 0 Å². The van der Waals surface area contributed by atoms with E-state index in [2.05, 4.69) is 20.9 Å². The number of esters is 1. The molecular weight excluding hydrogens is 685 g/mol. The van der Waals surface area contributed by atoms with Crippen molar-refractivity contribution in [3.8, 4) is 28.1 Å². The monoisotopic (exact) mass is 731 g/mol. The molecule has 0 spiro atoms. The number of carbonyl (C=O) groups is 5. The molecule has 2 aromatic carbocycles. The fourth-order valence-corrected chi connectivity index (χ4v) is 4.74. The van der Waals surface area contributed by atoms with E-state index in [4.69, 9.17) is 14.2 Å². The molecule has 53 heavy (non-hydrogen) atoms. The number of anilines is 1. The zero-order chi connectivity index (χ0) is 39.1. The second-order valence-electron chi connectivity index (χ2n) is 12.5. The second kappa shape index (κ2) is 20.1. The van der Waals surface area contributed by atoms with Gasteiger partial charge in [0.05, 0.1) is 18.8 Å². The van der Waals surface area contributed by atoms with Crippen molar-refractivity contribution >= 4 is 35.5 Å². The first-order valence-electron chi connectivity index (χ1n) is 16.8. The molecule has 4 amide bonds. The van der Waals surface area contributed by atoms with Crippen molar-refractivity contribution in [2.24, 2.45) is 0 Å². The molecule has 0 atom stereocenters. The van der Waals surface area contributed by atoms with Gasteiger partial charge in [-0.1, -0.05) is 29.4 Å². The maximum Gasteiger partial charge on any atom is 0.417 e. The molecule has 0 saturated carbocycles. The minimum absolute atomic E-state index is 0.0528. The van der Waals surface area contributed by atoms with E-state index in [1.807, 2.05) is 71.9 Å². The summed E-state index contributed by atoms with van der Waals surface area (Å²) in [4.78, 5) is 65.1. The average Bonchev–Trinajstić information content (AvgIpc) is 3.10. The minimum atomic E-state index is -0.906. The van der Waals surface area contributed by atoms with E-state index in [0.29, 0.717) is 23.6 Å². The zero-order valence-corrected chi connectivity index (χ0v) is 31.1. The molecule has 3 rings (SSSR count). The number of hydrogen-bond acceptors (Lipinski definition) is 9. The summed E-state index contributed by atoms with van der Waals surface area (Å²) in [6.07, 6.45) is 4.58. The summed E-state index contributed by atoms with van der Waals surface area (Å²) in [6, 6.07) is 12.1. The summed E-state index contributed by atoms with van der Waals surface area (Å²) in [5.74, 6) is -2.62. The lowest BCUT2D eigenvalue weighted by Crippen LogP contribution is -2.42. The third-order valence-corrected chi connectivity index (χ3v) is 7.57. The Morgan fingerprint density at radius 3 is 2.02 bits per heavy atom. The molecule has 3 aromatic rings. The number of amides is 4. The van der Waals surface area contributed by atoms with Gasteiger partial charge >= 0.3 is 12.1 Å². The molecule has 3 N–H and O–H groups in total. The Balaban J connectivity index is 1.65. The number of aromatic nitrogens is 1. The summed E-state index contributed by atoms with van der Waals surface area (Å²) in [6.45, 7) is 11.2. The van der Waals surface area contributed by atoms with Gasteiger partial charge < -0.3 is 30.2 Å². The smallest absolute Gasteiger partial charge is 0.417 e. The van der Waals surface area contributed by atoms with Crippen LogP contribution in [0, 0.1) is 19.7 Å². The van der Waals surface area contributed by atoms with Crippen LogP contribution in [0.2, 0.25) is 0 Å². The molecule has 0 unspecified atom stereocenters. The number of benzene rings is 2. The van der Waals surface area contributed by atoms with Gasteiger partial charge in [-0.15, -0.1) is 0 Å². The number of aryl methyl sites for hydroxylation is 2. The van der Waals surface area contributed by atoms with Crippen molar-refractivity contribution in [3.63, 3.8) is 0 Å². The first kappa shape index (κ1) is 41.4. The van der Waals surface area contributed by atoms with Crippen molar-refractivity contribution in [2.75, 3.05) is 44.5 Å². The normalized spacial score (nSPS) is 10.3. The number of hydrogen-bond donors (Lipinski definition) is 3. The second-order valence-corrected chi connectivity index (χ2v) is 12.5. The van der Waals surface area contributed by atoms with Crippen LogP contribution in [0.25, 0.3) is 22.3 Å². The standard InChI is InChI=1S/C39H46FN5O8/c1-24(2)12-14-45(39(50)53-23-52-38(49)22-43-36(48)21-42-35(47)20-41-28(7)46)30-9-10-31(34(40)18-30)33-17-26(5)32(16-27(33)6)29-8-11-37(44-19-29)51-15-13-25(3)4/h8-13,16-19H,14-15,20-23H2,1-7H3,(H,41,46)(H,42,47)(H,43,48). The molecule has 14 heteroatoms. The quantitative estimate of drug-likeness (QED) is 0.101. The minimum Gasteiger partial charge on any atom is -0.473 e. The molecule has 1 heterocycles. The molecule has 0 aliphatic heterocycles. The van der Waals surface area contributed by atoms with Crippen molar-refractivity contribution in [1.82, 2.24) is 20.9 Å². The van der Waals surface area contributed by atoms with Gasteiger partial charge in [-0.2, -0.15) is 0 Å². The summed E-state index contributed by atoms with van der Waals surface area (Å²) in [5.41, 5.74) is 6.93. The van der Waals surface area contributed by atoms with Crippen LogP contribution in [0.3, 0.4) is 0 Å². The van der Waals surface area contributed by atoms with E-state index in [0.717, 1.165) is 33.4 Å². The number of allylic oxidation sites excluding steroid dienone is 2. The molecule has 1 aromatic heterocycles. The summed E-state index contributed by atoms with van der Waals surface area (Å²) in [5, 5.41) is 6.81. The predicted molar refractivity (Wildman–Crippen MR) is 198 cm³/mol. The van der Waals surface area contributed by atoms with Crippen LogP contribution < -0.4 is 25.6 Å². The van der Waals surface area contributed by atoms with E-state index in [9.17, 15) is 24.0 Å². The zero-order valence-electron chi connectivity index (χ0n) is 31.1. The lowest BCUT2D eigenvalue weighted by Gasteiger charge is -2.22. The maximum absolute atomic E-state index is 15.8. The fraction of sp³-hybridized carbons (Fsp3) is 0.333. The lowest BCUT2D eigenvalue weighted by atomic mass is 9.92. The Labute approximate surface area is 308 Å². The van der Waals surface area contributed by atoms with Gasteiger partial charge in [-0.3, -0.25) is 24.1 Å². The molecular formula is C39H46FN5O8. The number of pyridine rings is 1. The van der Waals surface area contributed by atoms with E-state index < -0.39 is 55.5 Å². The van der Waals surface area contributed by atoms with Crippen LogP contribution in [0.4, 0.5) is 14.9 Å². The van der Waals surface area contributed by atoms with E-state index in [1.165, 1.54) is 17.9 Å². The Kier molecular flexibility index (Phi) is 15.7. The number of halogens is 1. The molecule has 0 saturated heterocycles. The first-order valence-corrected chi connectivity index (χ1v) is 16.8. The highest BCUT2D eigenvalue weighted by Crippen LogP contribution is 2.34. The van der Waals surface area contributed by atoms with Crippen molar-refractivity contribution in [1.29, 1.82) is 0 Å². The van der Waals surface area contributed by atoms with Crippen LogP contribution in [0.5, 0.6) is 5.88 Å². The van der Waals surface area contributed by atoms with Gasteiger partial charge in [0.25, 0.3) is 0 Å². The van der Waals surface area contributed by atoms with Crippen molar-refractivity contribution in [3.05, 3.63) is 88.9 Å². The summed E-state index contributed by atoms with van der Waals surface area (Å²) < 4.78 is 31.5. The van der Waals surface area contributed by atoms with Crippen molar-refractivity contribution in [2.45, 2.75) is 48.5 Å². The van der Waals surface area contributed by atoms with Crippen molar-refractivity contribution < 1.29 is 42.6 Å². The van der Waals surface area contributed by atoms with E-state index in [-0.39, 0.29) is 18.8 Å². The highest BCUT2D eigenvalue weighted by atomic mass is 19.1. The average molecular weight is 732 g/mol. The summed E-state index contributed by atoms with van der Waals surface area (Å²) >= 11 is 0. The van der Waals surface area contributed by atoms with Gasteiger partial charge in [-0.25, -0.2) is 14.2 Å². The largest absolute Gasteiger partial charge is 0.473 e. The molecule has 13 nitrogen and oxygen atoms in total. The number of nitrogens with one attached hydrogen (secondary N) is 3. The number of ether oxygens (including phenoxy) is 3. The van der Waals surface area contributed by atoms with Crippen LogP contribution in [0.15, 0.2) is 72.0 Å². The molecule has 0 fully saturated rings. The van der Waals surface area contributed by atoms with E-state index in [1.54, 1.807) is 24.4 Å². The molecule has 0 bridgehead atoms. The lowest BCUT2D eigenvalue weighted by molar-refractivity contribution is -0.151. The first-order chi connectivity index (χ1) is 25.1. The predicted octanol–water partition coefficient (Wildman–Crippen LogP) is 5.29. The highest BCUT2D eigenvalue weighted by Gasteiger charge is 2.20. The maximum atomic E-state index is 15.8. The number of carbonyl (C=O) groups excluding carboxylic acids is 5. The third-order valence-electron chi connectivity index (χ3n) is 7.57. The van der Waals surface area contributed by atoms with Gasteiger partial charge in [0, 0.05) is 36.9 Å². The Hall–Kier alpha value is -6.05. The highest BCUT2D eigenvalue weighted by molar-refractivity contribution is 5.90. The SMILES string of the molecule is CC(=O)NCC(=O)NCC(=O)NCC(=O)OCOC(=O)N(CC=C(C)C)c1ccc(-c2cc(C)c(-c3ccc(OCC=C(C)C)nc3)cc2C)c(F)c1. The number of rotatable bonds is 16. The Bertz CT molecular complexity index is 1870. The van der Waals surface area contributed by atoms with Crippen LogP contribution in [-0.4, -0.2) is 74.3 Å². The topological polar surface area (TPSA) is 165 Å². The Morgan fingerprint density at radius 2 is 1.40 bits per heavy atom. The van der Waals surface area contributed by atoms with Crippen LogP contribution in [0.1, 0.15) is 45.7 Å². The molecule has 0 aliphatic carbocycles. The van der Waals surface area contributed by atoms with Crippen LogP contribution >= 0.6 is 0 Å². The number of nitrogens with zero attached hydrogens (tertiary/aromatic N) is 2.